The number of nitrogens with zero attached hydrogens (tertiary/aromatic N) is 4. The molecule has 212 valence electrons. The van der Waals surface area contributed by atoms with E-state index in [0.717, 1.165) is 0 Å². The molecule has 2 aromatic carbocycles. The number of piperazine rings is 1. The van der Waals surface area contributed by atoms with Gasteiger partial charge in [-0.1, -0.05) is 60.7 Å². The van der Waals surface area contributed by atoms with Crippen LogP contribution in [-0.2, 0) is 13.1 Å². The lowest BCUT2D eigenvalue weighted by atomic mass is 10.0. The SMILES string of the molecule is [Cl-].[Cl-].c1ccc(C[N+]2(CCN3CCN(CC[N+]4(Cc5ccccc5)CCCCC4)CC3)CCCCC2)cc1. The fourth-order valence-corrected chi connectivity index (χ4v) is 7.17. The predicted molar refractivity (Wildman–Crippen MR) is 151 cm³/mol. The average Bonchev–Trinajstić information content (AvgIpc) is 2.94. The number of likely N-dealkylation sites (tertiary alicyclic amines) is 2. The van der Waals surface area contributed by atoms with E-state index in [9.17, 15) is 0 Å². The van der Waals surface area contributed by atoms with E-state index >= 15 is 0 Å². The lowest BCUT2D eigenvalue weighted by molar-refractivity contribution is -0.944. The van der Waals surface area contributed by atoms with Crippen molar-refractivity contribution in [2.24, 2.45) is 0 Å². The zero-order chi connectivity index (χ0) is 24.5. The smallest absolute Gasteiger partial charge is 0.104 e. The van der Waals surface area contributed by atoms with E-state index in [4.69, 9.17) is 0 Å². The topological polar surface area (TPSA) is 6.48 Å². The van der Waals surface area contributed by atoms with Crippen molar-refractivity contribution >= 4 is 0 Å². The number of piperidine rings is 2. The van der Waals surface area contributed by atoms with Crippen LogP contribution < -0.4 is 24.8 Å². The first kappa shape index (κ1) is 31.4. The van der Waals surface area contributed by atoms with Crippen molar-refractivity contribution in [3.63, 3.8) is 0 Å². The van der Waals surface area contributed by atoms with Gasteiger partial charge in [-0.2, -0.15) is 0 Å². The van der Waals surface area contributed by atoms with E-state index in [1.54, 1.807) is 0 Å². The van der Waals surface area contributed by atoms with Gasteiger partial charge >= 0.3 is 0 Å². The Morgan fingerprint density at radius 2 is 0.816 bits per heavy atom. The highest BCUT2D eigenvalue weighted by Crippen LogP contribution is 2.24. The Bertz CT molecular complexity index is 815. The maximum atomic E-state index is 2.77. The first-order valence-corrected chi connectivity index (χ1v) is 15.0. The van der Waals surface area contributed by atoms with Crippen LogP contribution in [0.15, 0.2) is 60.7 Å². The van der Waals surface area contributed by atoms with Crippen LogP contribution in [0.25, 0.3) is 0 Å². The molecule has 4 nitrogen and oxygen atoms in total. The first-order chi connectivity index (χ1) is 17.7. The van der Waals surface area contributed by atoms with E-state index < -0.39 is 0 Å². The molecule has 0 saturated carbocycles. The monoisotopic (exact) mass is 560 g/mol. The van der Waals surface area contributed by atoms with E-state index in [1.807, 2.05) is 0 Å². The molecule has 0 amide bonds. The third-order valence-corrected chi connectivity index (χ3v) is 9.50. The summed E-state index contributed by atoms with van der Waals surface area (Å²) in [5.41, 5.74) is 3.05. The molecule has 2 aromatic rings. The van der Waals surface area contributed by atoms with Crippen LogP contribution in [0.4, 0.5) is 0 Å². The van der Waals surface area contributed by atoms with Crippen LogP contribution in [0.1, 0.15) is 49.7 Å². The summed E-state index contributed by atoms with van der Waals surface area (Å²) >= 11 is 0. The Labute approximate surface area is 245 Å². The Hall–Kier alpha value is -1.14. The number of halogens is 2. The lowest BCUT2D eigenvalue weighted by Crippen LogP contribution is -3.00. The molecule has 0 atom stereocenters. The van der Waals surface area contributed by atoms with Gasteiger partial charge in [0.15, 0.2) is 0 Å². The quantitative estimate of drug-likeness (QED) is 0.344. The second-order valence-corrected chi connectivity index (χ2v) is 12.1. The van der Waals surface area contributed by atoms with Gasteiger partial charge in [-0.3, -0.25) is 9.80 Å². The predicted octanol–water partition coefficient (Wildman–Crippen LogP) is -0.986. The van der Waals surface area contributed by atoms with Gasteiger partial charge in [0.25, 0.3) is 0 Å². The number of quaternary nitrogens is 2. The van der Waals surface area contributed by atoms with E-state index in [0.29, 0.717) is 0 Å². The van der Waals surface area contributed by atoms with Crippen molar-refractivity contribution in [3.8, 4) is 0 Å². The molecule has 0 bridgehead atoms. The number of hydrogen-bond donors (Lipinski definition) is 0. The molecule has 3 aliphatic rings. The fourth-order valence-electron chi connectivity index (χ4n) is 7.17. The fraction of sp³-hybridized carbons (Fsp3) is 0.625. The molecule has 3 aliphatic heterocycles. The summed E-state index contributed by atoms with van der Waals surface area (Å²) in [6.07, 6.45) is 8.48. The normalized spacial score (nSPS) is 21.7. The van der Waals surface area contributed by atoms with Crippen LogP contribution in [0.5, 0.6) is 0 Å². The van der Waals surface area contributed by atoms with Gasteiger partial charge in [0, 0.05) is 50.4 Å². The third kappa shape index (κ3) is 8.94. The molecule has 0 aromatic heterocycles. The summed E-state index contributed by atoms with van der Waals surface area (Å²) in [5.74, 6) is 0. The van der Waals surface area contributed by atoms with Gasteiger partial charge in [0.05, 0.1) is 39.3 Å². The first-order valence-electron chi connectivity index (χ1n) is 15.0. The van der Waals surface area contributed by atoms with Gasteiger partial charge in [-0.05, 0) is 38.5 Å². The summed E-state index contributed by atoms with van der Waals surface area (Å²) in [5, 5.41) is 0. The largest absolute Gasteiger partial charge is 1.00 e. The minimum atomic E-state index is 0. The molecule has 38 heavy (non-hydrogen) atoms. The molecule has 3 fully saturated rings. The van der Waals surface area contributed by atoms with E-state index in [2.05, 4.69) is 70.5 Å². The van der Waals surface area contributed by atoms with Crippen molar-refractivity contribution in [1.82, 2.24) is 9.80 Å². The highest BCUT2D eigenvalue weighted by Gasteiger charge is 2.33. The molecule has 5 rings (SSSR count). The van der Waals surface area contributed by atoms with E-state index in [1.165, 1.54) is 150 Å². The molecule has 0 unspecified atom stereocenters. The van der Waals surface area contributed by atoms with E-state index in [-0.39, 0.29) is 24.8 Å². The number of benzene rings is 2. The summed E-state index contributed by atoms with van der Waals surface area (Å²) in [7, 11) is 0. The van der Waals surface area contributed by atoms with Gasteiger partial charge in [-0.15, -0.1) is 0 Å². The second-order valence-electron chi connectivity index (χ2n) is 12.1. The van der Waals surface area contributed by atoms with Gasteiger partial charge < -0.3 is 33.8 Å². The Morgan fingerprint density at radius 3 is 1.16 bits per heavy atom. The zero-order valence-electron chi connectivity index (χ0n) is 23.5. The Morgan fingerprint density at radius 1 is 0.474 bits per heavy atom. The minimum Gasteiger partial charge on any atom is -1.00 e. The highest BCUT2D eigenvalue weighted by atomic mass is 35.5. The van der Waals surface area contributed by atoms with Crippen molar-refractivity contribution in [1.29, 1.82) is 0 Å². The number of rotatable bonds is 10. The van der Waals surface area contributed by atoms with Gasteiger partial charge in [0.1, 0.15) is 13.1 Å². The maximum absolute atomic E-state index is 2.77. The molecule has 0 N–H and O–H groups in total. The molecule has 3 saturated heterocycles. The van der Waals surface area contributed by atoms with Crippen molar-refractivity contribution in [3.05, 3.63) is 71.8 Å². The molecular formula is C32H50Cl2N4. The third-order valence-electron chi connectivity index (χ3n) is 9.50. The van der Waals surface area contributed by atoms with Crippen molar-refractivity contribution < 1.29 is 33.8 Å². The lowest BCUT2D eigenvalue weighted by Gasteiger charge is -2.45. The molecule has 3 heterocycles. The summed E-state index contributed by atoms with van der Waals surface area (Å²) in [6.45, 7) is 18.1. The van der Waals surface area contributed by atoms with Crippen LogP contribution in [0.3, 0.4) is 0 Å². The molecule has 6 heteroatoms. The summed E-state index contributed by atoms with van der Waals surface area (Å²) in [6, 6.07) is 22.5. The summed E-state index contributed by atoms with van der Waals surface area (Å²) in [4.78, 5) is 5.54. The number of hydrogen-bond acceptors (Lipinski definition) is 2. The van der Waals surface area contributed by atoms with Crippen LogP contribution >= 0.6 is 0 Å². The Kier molecular flexibility index (Phi) is 12.9. The zero-order valence-corrected chi connectivity index (χ0v) is 25.0. The second kappa shape index (κ2) is 15.6. The maximum Gasteiger partial charge on any atom is 0.104 e. The molecule has 0 aliphatic carbocycles. The Balaban J connectivity index is 0.00000200. The van der Waals surface area contributed by atoms with Crippen LogP contribution in [0.2, 0.25) is 0 Å². The van der Waals surface area contributed by atoms with Crippen molar-refractivity contribution in [2.45, 2.75) is 51.6 Å². The van der Waals surface area contributed by atoms with Gasteiger partial charge in [-0.25, -0.2) is 0 Å². The highest BCUT2D eigenvalue weighted by molar-refractivity contribution is 5.14. The summed E-state index contributed by atoms with van der Waals surface area (Å²) < 4.78 is 2.62. The van der Waals surface area contributed by atoms with Gasteiger partial charge in [0.2, 0.25) is 0 Å². The molecule has 0 radical (unpaired) electrons. The average molecular weight is 562 g/mol. The van der Waals surface area contributed by atoms with Crippen molar-refractivity contribution in [2.75, 3.05) is 78.5 Å². The molecule has 0 spiro atoms. The standard InChI is InChI=1S/C32H50N4.2ClH/c1-5-13-31(14-6-1)29-35(23-9-3-10-24-35)27-21-33-17-19-34(20-18-33)22-28-36(25-11-4-12-26-36)30-32-15-7-2-8-16-32;;/h1-2,5-8,13-16H,3-4,9-12,17-30H2;2*1H/q+2;;/p-2. The molecular weight excluding hydrogens is 511 g/mol. The van der Waals surface area contributed by atoms with Crippen LogP contribution in [0, 0.1) is 0 Å². The minimum absolute atomic E-state index is 0. The van der Waals surface area contributed by atoms with Crippen LogP contribution in [-0.4, -0.2) is 97.3 Å².